The van der Waals surface area contributed by atoms with Gasteiger partial charge in [-0.3, -0.25) is 10.3 Å². The maximum atomic E-state index is 14.7. The smallest absolute Gasteiger partial charge is 0.413 e. The average molecular weight is 396 g/mol. The number of aliphatic imine (C=N–C) groups is 1. The molecule has 0 bridgehead atoms. The number of nitrogens with one attached hydrogen (secondary N) is 1. The summed E-state index contributed by atoms with van der Waals surface area (Å²) in [5, 5.41) is 3.14. The highest BCUT2D eigenvalue weighted by Crippen LogP contribution is 2.52. The lowest BCUT2D eigenvalue weighted by molar-refractivity contribution is 0.0561. The highest BCUT2D eigenvalue weighted by Gasteiger charge is 2.53. The highest BCUT2D eigenvalue weighted by molar-refractivity contribution is 8.13. The lowest BCUT2D eigenvalue weighted by Crippen LogP contribution is -2.44. The number of amides is 1. The quantitative estimate of drug-likeness (QED) is 0.747. The van der Waals surface area contributed by atoms with E-state index in [1.165, 1.54) is 23.9 Å². The molecular weight excluding hydrogens is 369 g/mol. The number of carbonyl (C=O) groups is 1. The fourth-order valence-electron chi connectivity index (χ4n) is 3.83. The summed E-state index contributed by atoms with van der Waals surface area (Å²) in [4.78, 5) is 17.0. The molecule has 3 rings (SSSR count). The third-order valence-electron chi connectivity index (χ3n) is 4.94. The number of halogens is 1. The minimum atomic E-state index is -0.810. The number of amidine groups is 1. The van der Waals surface area contributed by atoms with E-state index in [4.69, 9.17) is 20.2 Å². The zero-order chi connectivity index (χ0) is 19.8. The van der Waals surface area contributed by atoms with Gasteiger partial charge in [0.25, 0.3) is 0 Å². The van der Waals surface area contributed by atoms with Crippen LogP contribution in [0.3, 0.4) is 0 Å². The second kappa shape index (κ2) is 7.31. The van der Waals surface area contributed by atoms with Crippen LogP contribution in [0.4, 0.5) is 14.9 Å². The van der Waals surface area contributed by atoms with Crippen molar-refractivity contribution in [1.82, 2.24) is 5.32 Å². The monoisotopic (exact) mass is 395 g/mol. The fraction of sp³-hybridized carbons (Fsp3) is 0.579. The largest absolute Gasteiger partial charge is 0.444 e. The molecule has 0 radical (unpaired) electrons. The third-order valence-corrected chi connectivity index (χ3v) is 5.93. The van der Waals surface area contributed by atoms with E-state index in [2.05, 4.69) is 5.32 Å². The van der Waals surface area contributed by atoms with Crippen LogP contribution in [0.1, 0.15) is 39.2 Å². The van der Waals surface area contributed by atoms with Crippen LogP contribution in [0.15, 0.2) is 23.2 Å². The Bertz CT molecular complexity index is 765. The summed E-state index contributed by atoms with van der Waals surface area (Å²) < 4.78 is 25.7. The van der Waals surface area contributed by atoms with Crippen molar-refractivity contribution in [2.75, 3.05) is 18.6 Å². The van der Waals surface area contributed by atoms with Crippen molar-refractivity contribution in [2.24, 2.45) is 10.9 Å². The first-order chi connectivity index (χ1) is 12.6. The van der Waals surface area contributed by atoms with Gasteiger partial charge in [0.15, 0.2) is 5.17 Å². The van der Waals surface area contributed by atoms with Crippen molar-refractivity contribution >= 4 is 28.7 Å². The lowest BCUT2D eigenvalue weighted by Gasteiger charge is -2.38. The number of nitrogens with two attached hydrogens (primary N) is 1. The molecule has 2 unspecified atom stereocenters. The summed E-state index contributed by atoms with van der Waals surface area (Å²) in [6.45, 7) is 5.38. The molecule has 8 heteroatoms. The molecule has 1 heterocycles. The first-order valence-electron chi connectivity index (χ1n) is 8.95. The first-order valence-corrected chi connectivity index (χ1v) is 9.94. The summed E-state index contributed by atoms with van der Waals surface area (Å²) in [7, 11) is 1.67. The van der Waals surface area contributed by atoms with Crippen LogP contribution in [-0.4, -0.2) is 35.8 Å². The fourth-order valence-corrected chi connectivity index (χ4v) is 5.04. The number of nitrogen functional groups attached to an aromatic ring is 1. The summed E-state index contributed by atoms with van der Waals surface area (Å²) in [5.74, 6) is 0.299. The Kier molecular flexibility index (Phi) is 5.40. The van der Waals surface area contributed by atoms with Gasteiger partial charge in [0.05, 0.1) is 11.6 Å². The zero-order valence-electron chi connectivity index (χ0n) is 16.0. The van der Waals surface area contributed by atoms with Gasteiger partial charge in [0.1, 0.15) is 11.4 Å². The average Bonchev–Trinajstić information content (AvgIpc) is 2.94. The number of thioether (sulfide) groups is 1. The molecule has 0 spiro atoms. The molecule has 0 saturated heterocycles. The van der Waals surface area contributed by atoms with E-state index in [0.717, 1.165) is 6.42 Å². The number of fused-ring (bicyclic) bond motifs is 1. The van der Waals surface area contributed by atoms with Gasteiger partial charge >= 0.3 is 6.09 Å². The molecule has 1 saturated carbocycles. The number of benzene rings is 1. The van der Waals surface area contributed by atoms with Crippen molar-refractivity contribution in [3.8, 4) is 0 Å². The number of hydrogen-bond donors (Lipinski definition) is 2. The molecule has 2 aliphatic rings. The molecule has 1 fully saturated rings. The minimum Gasteiger partial charge on any atom is -0.444 e. The van der Waals surface area contributed by atoms with Crippen LogP contribution in [0.5, 0.6) is 0 Å². The maximum Gasteiger partial charge on any atom is 0.413 e. The van der Waals surface area contributed by atoms with Gasteiger partial charge in [0, 0.05) is 30.0 Å². The number of alkyl carbamates (subject to hydrolysis) is 1. The van der Waals surface area contributed by atoms with Crippen molar-refractivity contribution in [1.29, 1.82) is 0 Å². The number of anilines is 1. The van der Waals surface area contributed by atoms with Crippen LogP contribution in [0, 0.1) is 11.7 Å². The van der Waals surface area contributed by atoms with E-state index in [-0.39, 0.29) is 17.8 Å². The minimum absolute atomic E-state index is 0.00649. The summed E-state index contributed by atoms with van der Waals surface area (Å²) in [6.07, 6.45) is 0.789. The molecule has 3 N–H and O–H groups in total. The van der Waals surface area contributed by atoms with Gasteiger partial charge in [-0.25, -0.2) is 9.18 Å². The molecule has 1 aliphatic carbocycles. The molecule has 0 aromatic heterocycles. The Morgan fingerprint density at radius 2 is 2.19 bits per heavy atom. The predicted molar refractivity (Wildman–Crippen MR) is 105 cm³/mol. The first kappa shape index (κ1) is 19.9. The Labute approximate surface area is 163 Å². The number of nitrogens with zero attached hydrogens (tertiary/aromatic N) is 1. The van der Waals surface area contributed by atoms with Crippen LogP contribution >= 0.6 is 11.8 Å². The molecule has 148 valence electrons. The maximum absolute atomic E-state index is 14.7. The van der Waals surface area contributed by atoms with E-state index in [1.54, 1.807) is 33.9 Å². The van der Waals surface area contributed by atoms with Gasteiger partial charge < -0.3 is 15.2 Å². The molecule has 1 aromatic rings. The zero-order valence-corrected chi connectivity index (χ0v) is 16.9. The van der Waals surface area contributed by atoms with Crippen LogP contribution < -0.4 is 11.1 Å². The van der Waals surface area contributed by atoms with Crippen molar-refractivity contribution in [3.05, 3.63) is 29.6 Å². The van der Waals surface area contributed by atoms with Crippen LogP contribution in [0.25, 0.3) is 0 Å². The van der Waals surface area contributed by atoms with Crippen LogP contribution in [-0.2, 0) is 15.0 Å². The van der Waals surface area contributed by atoms with Gasteiger partial charge in [-0.1, -0.05) is 11.8 Å². The Morgan fingerprint density at radius 1 is 1.44 bits per heavy atom. The number of rotatable bonds is 2. The molecule has 6 nitrogen and oxygen atoms in total. The van der Waals surface area contributed by atoms with E-state index < -0.39 is 17.2 Å². The van der Waals surface area contributed by atoms with Crippen LogP contribution in [0.2, 0.25) is 0 Å². The molecule has 1 amide bonds. The lowest BCUT2D eigenvalue weighted by atomic mass is 9.80. The number of carbonyl (C=O) groups excluding carboxylic acids is 1. The van der Waals surface area contributed by atoms with E-state index in [1.807, 2.05) is 0 Å². The van der Waals surface area contributed by atoms with Crippen molar-refractivity contribution < 1.29 is 18.7 Å². The van der Waals surface area contributed by atoms with Gasteiger partial charge in [-0.2, -0.15) is 0 Å². The van der Waals surface area contributed by atoms with E-state index in [9.17, 15) is 9.18 Å². The van der Waals surface area contributed by atoms with E-state index >= 15 is 0 Å². The normalized spacial score (nSPS) is 27.7. The molecule has 27 heavy (non-hydrogen) atoms. The second-order valence-corrected chi connectivity index (χ2v) is 8.95. The molecular formula is C19H26FN3O3S. The molecule has 1 aromatic carbocycles. The van der Waals surface area contributed by atoms with E-state index in [0.29, 0.717) is 28.6 Å². The van der Waals surface area contributed by atoms with Crippen molar-refractivity contribution in [2.45, 2.75) is 50.9 Å². The van der Waals surface area contributed by atoms with Gasteiger partial charge in [-0.05, 0) is 51.8 Å². The topological polar surface area (TPSA) is 85.9 Å². The Hall–Kier alpha value is -1.80. The predicted octanol–water partition coefficient (Wildman–Crippen LogP) is 3.66. The molecule has 3 atom stereocenters. The van der Waals surface area contributed by atoms with Gasteiger partial charge in [-0.15, -0.1) is 0 Å². The number of methoxy groups -OCH3 is 1. The molecule has 1 aliphatic heterocycles. The Balaban J connectivity index is 1.98. The number of hydrogen-bond acceptors (Lipinski definition) is 6. The SMILES string of the molecule is CO[C@@H]1CCC2(c3cc(N)ccc3F)N=C(NC(=O)OC(C)(C)C)SCC12. The third kappa shape index (κ3) is 4.06. The summed E-state index contributed by atoms with van der Waals surface area (Å²) in [5.41, 5.74) is 5.44. The Morgan fingerprint density at radius 3 is 2.85 bits per heavy atom. The summed E-state index contributed by atoms with van der Waals surface area (Å²) in [6, 6.07) is 4.55. The van der Waals surface area contributed by atoms with Gasteiger partial charge in [0.2, 0.25) is 0 Å². The standard InChI is InChI=1S/C19H26FN3O3S/c1-18(2,3)26-17(24)22-16-23-19(12-9-11(21)5-6-14(12)20)8-7-15(25-4)13(19)10-27-16/h5-6,9,13,15H,7-8,10,21H2,1-4H3,(H,22,23,24)/t13?,15-,19?/m1/s1. The second-order valence-electron chi connectivity index (χ2n) is 7.94. The van der Waals surface area contributed by atoms with Crippen molar-refractivity contribution in [3.63, 3.8) is 0 Å². The highest BCUT2D eigenvalue weighted by atomic mass is 32.2. The number of ether oxygens (including phenoxy) is 2. The summed E-state index contributed by atoms with van der Waals surface area (Å²) >= 11 is 1.42.